The van der Waals surface area contributed by atoms with Gasteiger partial charge in [0.1, 0.15) is 5.70 Å². The predicted octanol–water partition coefficient (Wildman–Crippen LogP) is 9.34. The van der Waals surface area contributed by atoms with E-state index in [1.807, 2.05) is 50.2 Å². The van der Waals surface area contributed by atoms with Crippen LogP contribution in [0, 0.1) is 6.92 Å². The van der Waals surface area contributed by atoms with Crippen molar-refractivity contribution in [2.45, 2.75) is 30.4 Å². The third-order valence-electron chi connectivity index (χ3n) is 6.90. The maximum atomic E-state index is 13.6. The summed E-state index contributed by atoms with van der Waals surface area (Å²) in [5.41, 5.74) is 3.21. The Bertz CT molecular complexity index is 1930. The number of carbonyl (C=O) groups is 3. The van der Waals surface area contributed by atoms with Crippen LogP contribution in [0.3, 0.4) is 0 Å². The average molecular weight is 702 g/mol. The summed E-state index contributed by atoms with van der Waals surface area (Å²) in [5, 5.41) is 9.46. The molecule has 7 nitrogen and oxygen atoms in total. The van der Waals surface area contributed by atoms with Gasteiger partial charge in [-0.1, -0.05) is 90.8 Å². The van der Waals surface area contributed by atoms with Gasteiger partial charge in [-0.15, -0.1) is 23.1 Å². The van der Waals surface area contributed by atoms with Crippen LogP contribution in [0.2, 0.25) is 10.0 Å². The van der Waals surface area contributed by atoms with Gasteiger partial charge in [-0.25, -0.2) is 4.98 Å². The molecule has 0 spiro atoms. The predicted molar refractivity (Wildman–Crippen MR) is 194 cm³/mol. The molecular weight excluding hydrogens is 671 g/mol. The SMILES string of the molecule is CCC(Sc1cccc(NC(=O)/C(=C\c2ccc(Cl)cc2Cl)NC(=O)c2ccccc2)c1)C(=O)Nc1nc(-c2ccccc2)c(C)s1. The average Bonchev–Trinajstić information content (AvgIpc) is 3.44. The minimum Gasteiger partial charge on any atom is -0.321 e. The van der Waals surface area contributed by atoms with Gasteiger partial charge >= 0.3 is 0 Å². The van der Waals surface area contributed by atoms with Crippen molar-refractivity contribution in [2.24, 2.45) is 0 Å². The number of hydrogen-bond donors (Lipinski definition) is 3. The number of aryl methyl sites for hydroxylation is 1. The number of thiazole rings is 1. The maximum absolute atomic E-state index is 13.6. The van der Waals surface area contributed by atoms with Crippen molar-refractivity contribution < 1.29 is 14.4 Å². The number of thioether (sulfide) groups is 1. The largest absolute Gasteiger partial charge is 0.321 e. The van der Waals surface area contributed by atoms with E-state index >= 15 is 0 Å². The summed E-state index contributed by atoms with van der Waals surface area (Å²) in [6, 6.07) is 30.5. The van der Waals surface area contributed by atoms with Crippen LogP contribution in [0.1, 0.15) is 34.1 Å². The summed E-state index contributed by atoms with van der Waals surface area (Å²) in [5.74, 6) is -1.17. The van der Waals surface area contributed by atoms with Gasteiger partial charge in [0.15, 0.2) is 5.13 Å². The van der Waals surface area contributed by atoms with E-state index in [2.05, 4.69) is 20.9 Å². The Morgan fingerprint density at radius 2 is 1.62 bits per heavy atom. The van der Waals surface area contributed by atoms with Crippen molar-refractivity contribution in [3.05, 3.63) is 135 Å². The third-order valence-corrected chi connectivity index (χ3v) is 9.71. The fraction of sp³-hybridized carbons (Fsp3) is 0.111. The molecule has 0 saturated carbocycles. The van der Waals surface area contributed by atoms with Crippen molar-refractivity contribution in [2.75, 3.05) is 10.6 Å². The van der Waals surface area contributed by atoms with Gasteiger partial charge in [-0.05, 0) is 67.4 Å². The highest BCUT2D eigenvalue weighted by molar-refractivity contribution is 8.00. The lowest BCUT2D eigenvalue weighted by atomic mass is 10.1. The van der Waals surface area contributed by atoms with E-state index in [0.29, 0.717) is 38.4 Å². The molecule has 11 heteroatoms. The highest BCUT2D eigenvalue weighted by Crippen LogP contribution is 2.33. The molecule has 3 amide bonds. The van der Waals surface area contributed by atoms with E-state index in [1.165, 1.54) is 29.2 Å². The van der Waals surface area contributed by atoms with Crippen molar-refractivity contribution in [1.29, 1.82) is 0 Å². The van der Waals surface area contributed by atoms with Crippen LogP contribution in [0.25, 0.3) is 17.3 Å². The standard InChI is InChI=1S/C36H30Cl2N4O3S2/c1-3-31(35(45)42-36-41-32(22(2)46-36)23-11-6-4-7-12-23)47-28-16-10-15-27(21-28)39-34(44)30(19-25-17-18-26(37)20-29(25)38)40-33(43)24-13-8-5-9-14-24/h4-21,31H,3H2,1-2H3,(H,39,44)(H,40,43)(H,41,42,45)/b30-19+. The van der Waals surface area contributed by atoms with Crippen LogP contribution in [-0.4, -0.2) is 28.0 Å². The molecule has 0 aliphatic carbocycles. The van der Waals surface area contributed by atoms with Gasteiger partial charge in [0, 0.05) is 36.6 Å². The number of carbonyl (C=O) groups excluding carboxylic acids is 3. The molecule has 0 bridgehead atoms. The number of benzene rings is 4. The Hall–Kier alpha value is -4.41. The van der Waals surface area contributed by atoms with E-state index in [-0.39, 0.29) is 11.6 Å². The molecule has 0 aliphatic heterocycles. The molecule has 0 radical (unpaired) electrons. The van der Waals surface area contributed by atoms with Crippen molar-refractivity contribution in [3.63, 3.8) is 0 Å². The zero-order valence-corrected chi connectivity index (χ0v) is 28.6. The Morgan fingerprint density at radius 1 is 0.894 bits per heavy atom. The van der Waals surface area contributed by atoms with Crippen LogP contribution in [0.15, 0.2) is 114 Å². The first-order valence-corrected chi connectivity index (χ1v) is 17.1. The van der Waals surface area contributed by atoms with Gasteiger partial charge in [0.2, 0.25) is 5.91 Å². The van der Waals surface area contributed by atoms with Gasteiger partial charge in [-0.2, -0.15) is 0 Å². The first-order chi connectivity index (χ1) is 22.7. The lowest BCUT2D eigenvalue weighted by molar-refractivity contribution is -0.116. The maximum Gasteiger partial charge on any atom is 0.272 e. The lowest BCUT2D eigenvalue weighted by Crippen LogP contribution is -2.30. The second-order valence-corrected chi connectivity index (χ2v) is 13.6. The van der Waals surface area contributed by atoms with Crippen LogP contribution in [0.5, 0.6) is 0 Å². The van der Waals surface area contributed by atoms with Crippen LogP contribution < -0.4 is 16.0 Å². The summed E-state index contributed by atoms with van der Waals surface area (Å²) >= 11 is 15.3. The molecule has 5 aromatic rings. The summed E-state index contributed by atoms with van der Waals surface area (Å²) in [4.78, 5) is 46.3. The number of nitrogens with zero attached hydrogens (tertiary/aromatic N) is 1. The molecule has 0 aliphatic rings. The monoisotopic (exact) mass is 700 g/mol. The number of halogens is 2. The van der Waals surface area contributed by atoms with E-state index in [1.54, 1.807) is 66.7 Å². The second-order valence-electron chi connectivity index (χ2n) is 10.3. The zero-order valence-electron chi connectivity index (χ0n) is 25.4. The molecule has 1 unspecified atom stereocenters. The molecule has 1 aromatic heterocycles. The van der Waals surface area contributed by atoms with E-state index in [4.69, 9.17) is 23.2 Å². The summed E-state index contributed by atoms with van der Waals surface area (Å²) < 4.78 is 0. The van der Waals surface area contributed by atoms with Crippen molar-refractivity contribution in [1.82, 2.24) is 10.3 Å². The van der Waals surface area contributed by atoms with Crippen LogP contribution >= 0.6 is 46.3 Å². The van der Waals surface area contributed by atoms with Crippen molar-refractivity contribution >= 4 is 80.9 Å². The fourth-order valence-electron chi connectivity index (χ4n) is 4.55. The molecule has 47 heavy (non-hydrogen) atoms. The fourth-order valence-corrected chi connectivity index (χ4v) is 6.86. The van der Waals surface area contributed by atoms with Gasteiger partial charge in [0.05, 0.1) is 10.9 Å². The smallest absolute Gasteiger partial charge is 0.272 e. The van der Waals surface area contributed by atoms with Gasteiger partial charge in [0.25, 0.3) is 11.8 Å². The van der Waals surface area contributed by atoms with Gasteiger partial charge in [-0.3, -0.25) is 14.4 Å². The molecule has 4 aromatic carbocycles. The Kier molecular flexibility index (Phi) is 11.5. The normalized spacial score (nSPS) is 11.9. The minimum absolute atomic E-state index is 0.0134. The highest BCUT2D eigenvalue weighted by atomic mass is 35.5. The summed E-state index contributed by atoms with van der Waals surface area (Å²) in [6.45, 7) is 3.93. The molecule has 5 rings (SSSR count). The Labute approximate surface area is 291 Å². The van der Waals surface area contributed by atoms with E-state index < -0.39 is 17.1 Å². The number of aromatic nitrogens is 1. The molecule has 0 saturated heterocycles. The van der Waals surface area contributed by atoms with E-state index in [0.717, 1.165) is 21.0 Å². The molecule has 1 atom stereocenters. The minimum atomic E-state index is -0.555. The first-order valence-electron chi connectivity index (χ1n) is 14.6. The topological polar surface area (TPSA) is 100 Å². The molecule has 0 fully saturated rings. The molecule has 238 valence electrons. The Balaban J connectivity index is 1.30. The van der Waals surface area contributed by atoms with Gasteiger partial charge < -0.3 is 16.0 Å². The first kappa shape index (κ1) is 33.9. The number of rotatable bonds is 11. The quantitative estimate of drug-likeness (QED) is 0.0942. The number of anilines is 2. The van der Waals surface area contributed by atoms with Crippen LogP contribution in [-0.2, 0) is 9.59 Å². The zero-order chi connectivity index (χ0) is 33.3. The van der Waals surface area contributed by atoms with Crippen LogP contribution in [0.4, 0.5) is 10.8 Å². The second kappa shape index (κ2) is 15.9. The Morgan fingerprint density at radius 3 is 2.32 bits per heavy atom. The molecule has 3 N–H and O–H groups in total. The molecular formula is C36H30Cl2N4O3S2. The van der Waals surface area contributed by atoms with Crippen molar-refractivity contribution in [3.8, 4) is 11.3 Å². The number of hydrogen-bond acceptors (Lipinski definition) is 6. The number of amides is 3. The summed E-state index contributed by atoms with van der Waals surface area (Å²) in [6.07, 6.45) is 2.07. The third kappa shape index (κ3) is 9.11. The summed E-state index contributed by atoms with van der Waals surface area (Å²) in [7, 11) is 0. The lowest BCUT2D eigenvalue weighted by Gasteiger charge is -2.15. The molecule has 1 heterocycles. The van der Waals surface area contributed by atoms with E-state index in [9.17, 15) is 14.4 Å². The number of nitrogens with one attached hydrogen (secondary N) is 3. The highest BCUT2D eigenvalue weighted by Gasteiger charge is 2.21.